The van der Waals surface area contributed by atoms with Gasteiger partial charge in [0.05, 0.1) is 11.6 Å². The molecule has 3 aromatic carbocycles. The Morgan fingerprint density at radius 2 is 1.40 bits per heavy atom. The first-order chi connectivity index (χ1) is 22.6. The molecule has 3 aliphatic rings. The van der Waals surface area contributed by atoms with Crippen LogP contribution in [-0.2, 0) is 26.1 Å². The molecule has 6 rings (SSSR count). The van der Waals surface area contributed by atoms with Crippen molar-refractivity contribution in [3.05, 3.63) is 110 Å². The number of benzene rings is 3. The summed E-state index contributed by atoms with van der Waals surface area (Å²) >= 11 is 3.57. The zero-order chi connectivity index (χ0) is 34.6. The van der Waals surface area contributed by atoms with Gasteiger partial charge in [0.1, 0.15) is 4.90 Å². The molecule has 0 fully saturated rings. The van der Waals surface area contributed by atoms with E-state index in [9.17, 15) is 18.0 Å². The molecule has 9 heteroatoms. The Bertz CT molecular complexity index is 1900. The van der Waals surface area contributed by atoms with Crippen molar-refractivity contribution in [3.63, 3.8) is 0 Å². The maximum absolute atomic E-state index is 14.3. The summed E-state index contributed by atoms with van der Waals surface area (Å²) in [4.78, 5) is 30.8. The highest BCUT2D eigenvalue weighted by molar-refractivity contribution is 9.10. The third-order valence-electron chi connectivity index (χ3n) is 9.58. The monoisotopic (exact) mass is 731 g/mol. The minimum atomic E-state index is -4.18. The van der Waals surface area contributed by atoms with Crippen molar-refractivity contribution in [3.8, 4) is 11.5 Å². The third-order valence-corrected chi connectivity index (χ3v) is 11.4. The average Bonchev–Trinajstić information content (AvgIpc) is 3.00. The Hall–Kier alpha value is -3.69. The van der Waals surface area contributed by atoms with Gasteiger partial charge in [0.15, 0.2) is 23.1 Å². The van der Waals surface area contributed by atoms with Crippen molar-refractivity contribution < 1.29 is 26.9 Å². The second kappa shape index (κ2) is 12.6. The lowest BCUT2D eigenvalue weighted by Crippen LogP contribution is -2.45. The summed E-state index contributed by atoms with van der Waals surface area (Å²) in [7, 11) is -2.74. The number of rotatable bonds is 8. The first-order valence-corrected chi connectivity index (χ1v) is 18.5. The van der Waals surface area contributed by atoms with Crippen LogP contribution >= 0.6 is 15.9 Å². The van der Waals surface area contributed by atoms with Crippen LogP contribution in [0.25, 0.3) is 0 Å². The van der Waals surface area contributed by atoms with Gasteiger partial charge in [-0.25, -0.2) is 0 Å². The number of allylic oxidation sites excluding steroid dienone is 4. The van der Waals surface area contributed by atoms with Gasteiger partial charge < -0.3 is 13.8 Å². The zero-order valence-electron chi connectivity index (χ0n) is 28.4. The first kappa shape index (κ1) is 34.2. The van der Waals surface area contributed by atoms with Crippen LogP contribution in [0.3, 0.4) is 0 Å². The van der Waals surface area contributed by atoms with Crippen LogP contribution < -0.4 is 8.92 Å². The molecule has 1 aliphatic heterocycles. The van der Waals surface area contributed by atoms with Gasteiger partial charge in [-0.1, -0.05) is 75.7 Å². The Morgan fingerprint density at radius 3 is 1.94 bits per heavy atom. The van der Waals surface area contributed by atoms with Crippen molar-refractivity contribution in [2.24, 2.45) is 10.8 Å². The number of methoxy groups -OCH3 is 1. The third kappa shape index (κ3) is 6.64. The molecule has 1 heterocycles. The molecule has 0 saturated heterocycles. The fourth-order valence-corrected chi connectivity index (χ4v) is 8.99. The number of Topliss-reactive ketones (excluding diaryl/α,β-unsaturated/α-hetero) is 2. The molecule has 3 aromatic rings. The lowest BCUT2D eigenvalue weighted by Gasteiger charge is -2.49. The molecule has 7 nitrogen and oxygen atoms in total. The second-order valence-electron chi connectivity index (χ2n) is 14.8. The molecule has 2 aliphatic carbocycles. The Morgan fingerprint density at radius 1 is 0.833 bits per heavy atom. The summed E-state index contributed by atoms with van der Waals surface area (Å²) in [6, 6.07) is 20.2. The van der Waals surface area contributed by atoms with Gasteiger partial charge in [-0.3, -0.25) is 9.59 Å². The van der Waals surface area contributed by atoms with E-state index >= 15 is 0 Å². The number of hydrogen-bond acceptors (Lipinski definition) is 7. The first-order valence-electron chi connectivity index (χ1n) is 16.3. The van der Waals surface area contributed by atoms with Crippen LogP contribution in [0.15, 0.2) is 98.6 Å². The van der Waals surface area contributed by atoms with Crippen LogP contribution in [0.5, 0.6) is 11.5 Å². The molecular weight excluding hydrogens is 690 g/mol. The van der Waals surface area contributed by atoms with Crippen molar-refractivity contribution >= 4 is 37.6 Å². The fourth-order valence-electron chi connectivity index (χ4n) is 7.39. The largest absolute Gasteiger partial charge is 0.493 e. The van der Waals surface area contributed by atoms with Gasteiger partial charge in [0, 0.05) is 47.8 Å². The predicted molar refractivity (Wildman–Crippen MR) is 189 cm³/mol. The molecule has 0 aromatic heterocycles. The van der Waals surface area contributed by atoms with Crippen LogP contribution in [0.1, 0.15) is 76.0 Å². The molecule has 0 bridgehead atoms. The summed E-state index contributed by atoms with van der Waals surface area (Å²) in [5, 5.41) is 0. The number of aryl methyl sites for hydroxylation is 1. The standard InChI is InChI=1S/C39H42BrNO6S/c1-24-12-14-27(15-13-24)48(44,45)47-37-28(40)18-26(19-33(37)46-6)34-35-29(20-38(2,3)22-31(35)42)41(17-16-25-10-8-7-9-11-25)30-21-39(4,5)23-32(43)36(30)34/h7-15,18-19,34H,16-17,20-23H2,1-6H3. The Labute approximate surface area is 292 Å². The van der Waals surface area contributed by atoms with Gasteiger partial charge in [-0.05, 0) is 88.3 Å². The summed E-state index contributed by atoms with van der Waals surface area (Å²) in [5.74, 6) is -0.395. The van der Waals surface area contributed by atoms with E-state index in [0.717, 1.165) is 23.4 Å². The minimum absolute atomic E-state index is 0.00210. The molecule has 0 N–H and O–H groups in total. The van der Waals surface area contributed by atoms with Crippen molar-refractivity contribution in [2.45, 2.75) is 77.5 Å². The Kier molecular flexibility index (Phi) is 9.00. The highest BCUT2D eigenvalue weighted by Gasteiger charge is 2.49. The number of halogens is 1. The highest BCUT2D eigenvalue weighted by atomic mass is 79.9. The topological polar surface area (TPSA) is 90.0 Å². The lowest BCUT2D eigenvalue weighted by atomic mass is 9.63. The van der Waals surface area contributed by atoms with Crippen LogP contribution in [0.4, 0.5) is 0 Å². The number of ether oxygens (including phenoxy) is 1. The van der Waals surface area contributed by atoms with Crippen LogP contribution in [-0.4, -0.2) is 38.5 Å². The number of carbonyl (C=O) groups excluding carboxylic acids is 2. The summed E-state index contributed by atoms with van der Waals surface area (Å²) in [6.45, 7) is 11.0. The van der Waals surface area contributed by atoms with E-state index in [4.69, 9.17) is 8.92 Å². The van der Waals surface area contributed by atoms with Gasteiger partial charge >= 0.3 is 10.1 Å². The fraction of sp³-hybridized carbons (Fsp3) is 0.385. The smallest absolute Gasteiger partial charge is 0.339 e. The quantitative estimate of drug-likeness (QED) is 0.215. The Balaban J connectivity index is 1.50. The minimum Gasteiger partial charge on any atom is -0.493 e. The predicted octanol–water partition coefficient (Wildman–Crippen LogP) is 8.46. The number of nitrogens with zero attached hydrogens (tertiary/aromatic N) is 1. The maximum Gasteiger partial charge on any atom is 0.339 e. The second-order valence-corrected chi connectivity index (χ2v) is 17.2. The van der Waals surface area contributed by atoms with E-state index in [2.05, 4.69) is 60.7 Å². The molecular formula is C39H42BrNO6S. The molecule has 0 saturated carbocycles. The molecule has 0 atom stereocenters. The van der Waals surface area contributed by atoms with Gasteiger partial charge in [-0.2, -0.15) is 8.42 Å². The van der Waals surface area contributed by atoms with Crippen LogP contribution in [0.2, 0.25) is 0 Å². The maximum atomic E-state index is 14.3. The van der Waals surface area contributed by atoms with Gasteiger partial charge in [0.25, 0.3) is 0 Å². The number of carbonyl (C=O) groups is 2. The van der Waals surface area contributed by atoms with E-state index in [1.54, 1.807) is 24.3 Å². The highest BCUT2D eigenvalue weighted by Crippen LogP contribution is 2.55. The SMILES string of the molecule is COc1cc(C2C3=C(CC(C)(C)CC3=O)N(CCc3ccccc3)C3=C2C(=O)CC(C)(C)C3)cc(Br)c1OS(=O)(=O)c1ccc(C)cc1. The summed E-state index contributed by atoms with van der Waals surface area (Å²) in [6.07, 6.45) is 2.89. The molecule has 48 heavy (non-hydrogen) atoms. The van der Waals surface area contributed by atoms with E-state index in [1.807, 2.05) is 25.1 Å². The normalized spacial score (nSPS) is 19.3. The van der Waals surface area contributed by atoms with E-state index in [1.165, 1.54) is 24.8 Å². The van der Waals surface area contributed by atoms with E-state index in [-0.39, 0.29) is 38.8 Å². The lowest BCUT2D eigenvalue weighted by molar-refractivity contribution is -0.119. The average molecular weight is 733 g/mol. The molecule has 252 valence electrons. The zero-order valence-corrected chi connectivity index (χ0v) is 30.8. The van der Waals surface area contributed by atoms with Crippen molar-refractivity contribution in [2.75, 3.05) is 13.7 Å². The molecule has 0 spiro atoms. The van der Waals surface area contributed by atoms with Crippen LogP contribution in [0, 0.1) is 17.8 Å². The van der Waals surface area contributed by atoms with Crippen molar-refractivity contribution in [1.29, 1.82) is 0 Å². The molecule has 0 radical (unpaired) electrons. The molecule has 0 amide bonds. The summed E-state index contributed by atoms with van der Waals surface area (Å²) in [5.41, 5.74) is 5.51. The summed E-state index contributed by atoms with van der Waals surface area (Å²) < 4.78 is 38.3. The van der Waals surface area contributed by atoms with E-state index in [0.29, 0.717) is 53.4 Å². The number of hydrogen-bond donors (Lipinski definition) is 0. The van der Waals surface area contributed by atoms with Gasteiger partial charge in [-0.15, -0.1) is 0 Å². The number of ketones is 2. The van der Waals surface area contributed by atoms with Crippen molar-refractivity contribution in [1.82, 2.24) is 4.90 Å². The van der Waals surface area contributed by atoms with Gasteiger partial charge in [0.2, 0.25) is 0 Å². The van der Waals surface area contributed by atoms with E-state index < -0.39 is 16.0 Å². The molecule has 0 unspecified atom stereocenters.